The summed E-state index contributed by atoms with van der Waals surface area (Å²) in [6, 6.07) is 13.1. The maximum atomic E-state index is 15.0. The molecule has 172 valence electrons. The molecular weight excluding hydrogens is 421 g/mol. The number of halogens is 1. The molecule has 1 N–H and O–H groups in total. The number of fused-ring (bicyclic) bond motifs is 1. The van der Waals surface area contributed by atoms with Crippen LogP contribution < -0.4 is 10.9 Å². The molecular formula is C26H28FN3O3. The fourth-order valence-electron chi connectivity index (χ4n) is 3.74. The summed E-state index contributed by atoms with van der Waals surface area (Å²) in [5.74, 6) is -0.346. The number of alkyl carbamates (subject to hydrolysis) is 1. The van der Waals surface area contributed by atoms with Gasteiger partial charge in [-0.15, -0.1) is 0 Å². The molecule has 0 radical (unpaired) electrons. The summed E-state index contributed by atoms with van der Waals surface area (Å²) < 4.78 is 21.9. The monoisotopic (exact) mass is 449 g/mol. The summed E-state index contributed by atoms with van der Waals surface area (Å²) in [6.45, 7) is 9.55. The van der Waals surface area contributed by atoms with Crippen LogP contribution >= 0.6 is 0 Å². The van der Waals surface area contributed by atoms with Crippen molar-refractivity contribution in [2.24, 2.45) is 5.92 Å². The van der Waals surface area contributed by atoms with E-state index in [0.29, 0.717) is 34.1 Å². The number of pyridine rings is 1. The molecule has 0 fully saturated rings. The van der Waals surface area contributed by atoms with Crippen LogP contribution in [0, 0.1) is 23.1 Å². The highest BCUT2D eigenvalue weighted by atomic mass is 19.1. The number of hydrogen-bond donors (Lipinski definition) is 1. The lowest BCUT2D eigenvalue weighted by molar-refractivity contribution is 0.0522. The van der Waals surface area contributed by atoms with Gasteiger partial charge in [-0.3, -0.25) is 4.79 Å². The number of benzene rings is 2. The Morgan fingerprint density at radius 3 is 2.48 bits per heavy atom. The highest BCUT2D eigenvalue weighted by Gasteiger charge is 2.23. The molecule has 6 nitrogen and oxygen atoms in total. The molecule has 1 aromatic heterocycles. The number of rotatable bonds is 5. The predicted molar refractivity (Wildman–Crippen MR) is 126 cm³/mol. The third-order valence-electron chi connectivity index (χ3n) is 5.00. The van der Waals surface area contributed by atoms with E-state index in [4.69, 9.17) is 4.74 Å². The average molecular weight is 450 g/mol. The molecule has 0 atom stereocenters. The van der Waals surface area contributed by atoms with Crippen molar-refractivity contribution in [2.45, 2.75) is 53.3 Å². The normalized spacial score (nSPS) is 11.5. The molecule has 0 aliphatic heterocycles. The molecule has 3 aromatic rings. The van der Waals surface area contributed by atoms with Gasteiger partial charge in [0.2, 0.25) is 0 Å². The number of carbonyl (C=O) groups excluding carboxylic acids is 1. The molecule has 2 aromatic carbocycles. The van der Waals surface area contributed by atoms with Crippen molar-refractivity contribution in [2.75, 3.05) is 0 Å². The molecule has 0 bridgehead atoms. The number of ether oxygens (including phenoxy) is 1. The maximum absolute atomic E-state index is 15.0. The second-order valence-electron chi connectivity index (χ2n) is 9.34. The van der Waals surface area contributed by atoms with Crippen LogP contribution in [0.1, 0.15) is 45.9 Å². The lowest BCUT2D eigenvalue weighted by Gasteiger charge is -2.23. The second kappa shape index (κ2) is 9.45. The van der Waals surface area contributed by atoms with Crippen LogP contribution in [-0.4, -0.2) is 16.3 Å². The Morgan fingerprint density at radius 1 is 1.18 bits per heavy atom. The number of hydrogen-bond acceptors (Lipinski definition) is 4. The second-order valence-corrected chi connectivity index (χ2v) is 9.34. The number of aromatic nitrogens is 1. The molecule has 0 aliphatic carbocycles. The third kappa shape index (κ3) is 5.40. The molecule has 33 heavy (non-hydrogen) atoms. The zero-order chi connectivity index (χ0) is 24.3. The molecule has 3 rings (SSSR count). The molecule has 0 spiro atoms. The number of amides is 1. The fourth-order valence-corrected chi connectivity index (χ4v) is 3.74. The fraction of sp³-hybridized carbons (Fsp3) is 0.346. The van der Waals surface area contributed by atoms with Crippen LogP contribution in [-0.2, 0) is 17.8 Å². The molecule has 0 unspecified atom stereocenters. The molecule has 0 aliphatic rings. The van der Waals surface area contributed by atoms with Gasteiger partial charge in [0.15, 0.2) is 0 Å². The Kier molecular flexibility index (Phi) is 6.87. The van der Waals surface area contributed by atoms with Gasteiger partial charge in [-0.05, 0) is 56.3 Å². The van der Waals surface area contributed by atoms with Crippen molar-refractivity contribution in [3.8, 4) is 17.2 Å². The molecule has 0 saturated heterocycles. The Labute approximate surface area is 192 Å². The minimum atomic E-state index is -0.693. The van der Waals surface area contributed by atoms with E-state index in [9.17, 15) is 14.9 Å². The van der Waals surface area contributed by atoms with Crippen LogP contribution in [0.5, 0.6) is 0 Å². The number of nitrogens with one attached hydrogen (secondary N) is 1. The quantitative estimate of drug-likeness (QED) is 0.568. The van der Waals surface area contributed by atoms with E-state index in [2.05, 4.69) is 11.4 Å². The SMILES string of the molecule is CC(C)Cn1c(CNC(=O)OC(C)(C)C)c(-c2ccccc2F)c2cc(C#N)ccc2c1=O. The zero-order valence-electron chi connectivity index (χ0n) is 19.5. The van der Waals surface area contributed by atoms with Gasteiger partial charge in [-0.25, -0.2) is 9.18 Å². The van der Waals surface area contributed by atoms with Gasteiger partial charge in [0, 0.05) is 28.8 Å². The standard InChI is InChI=1S/C26H28FN3O3/c1-16(2)15-30-22(14-29-25(32)33-26(3,4)5)23(19-8-6-7-9-21(19)27)20-12-17(13-28)10-11-18(20)24(30)31/h6-12,16H,14-15H2,1-5H3,(H,29,32). The van der Waals surface area contributed by atoms with Gasteiger partial charge in [0.1, 0.15) is 11.4 Å². The summed E-state index contributed by atoms with van der Waals surface area (Å²) >= 11 is 0. The van der Waals surface area contributed by atoms with Crippen molar-refractivity contribution in [1.29, 1.82) is 5.26 Å². The van der Waals surface area contributed by atoms with Crippen molar-refractivity contribution >= 4 is 16.9 Å². The lowest BCUT2D eigenvalue weighted by Crippen LogP contribution is -2.35. The van der Waals surface area contributed by atoms with E-state index in [1.54, 1.807) is 61.7 Å². The van der Waals surface area contributed by atoms with Gasteiger partial charge >= 0.3 is 6.09 Å². The maximum Gasteiger partial charge on any atom is 0.407 e. The Bertz CT molecular complexity index is 1300. The molecule has 7 heteroatoms. The van der Waals surface area contributed by atoms with Gasteiger partial charge in [-0.2, -0.15) is 5.26 Å². The number of carbonyl (C=O) groups is 1. The number of nitrogens with zero attached hydrogens (tertiary/aromatic N) is 2. The largest absolute Gasteiger partial charge is 0.444 e. The average Bonchev–Trinajstić information content (AvgIpc) is 2.73. The van der Waals surface area contributed by atoms with E-state index in [-0.39, 0.29) is 23.6 Å². The first-order valence-corrected chi connectivity index (χ1v) is 10.8. The minimum absolute atomic E-state index is 0.0484. The first-order valence-electron chi connectivity index (χ1n) is 10.8. The summed E-state index contributed by atoms with van der Waals surface area (Å²) in [5.41, 5.74) is 0.609. The van der Waals surface area contributed by atoms with Crippen LogP contribution in [0.25, 0.3) is 21.9 Å². The van der Waals surface area contributed by atoms with E-state index in [0.717, 1.165) is 0 Å². The summed E-state index contributed by atoms with van der Waals surface area (Å²) in [7, 11) is 0. The highest BCUT2D eigenvalue weighted by molar-refractivity contribution is 5.98. The highest BCUT2D eigenvalue weighted by Crippen LogP contribution is 2.33. The third-order valence-corrected chi connectivity index (χ3v) is 5.00. The topological polar surface area (TPSA) is 84.1 Å². The first-order chi connectivity index (χ1) is 15.5. The van der Waals surface area contributed by atoms with Crippen molar-refractivity contribution in [3.05, 3.63) is 69.9 Å². The number of nitriles is 1. The molecule has 1 heterocycles. The van der Waals surface area contributed by atoms with Crippen LogP contribution in [0.2, 0.25) is 0 Å². The van der Waals surface area contributed by atoms with Crippen molar-refractivity contribution in [3.63, 3.8) is 0 Å². The Hall–Kier alpha value is -3.66. The van der Waals surface area contributed by atoms with Gasteiger partial charge in [0.05, 0.1) is 18.2 Å². The van der Waals surface area contributed by atoms with E-state index in [1.807, 2.05) is 13.8 Å². The molecule has 0 saturated carbocycles. The van der Waals surface area contributed by atoms with Gasteiger partial charge < -0.3 is 14.6 Å². The van der Waals surface area contributed by atoms with Gasteiger partial charge in [-0.1, -0.05) is 32.0 Å². The summed E-state index contributed by atoms with van der Waals surface area (Å²) in [5, 5.41) is 13.0. The van der Waals surface area contributed by atoms with Crippen LogP contribution in [0.4, 0.5) is 9.18 Å². The van der Waals surface area contributed by atoms with E-state index in [1.165, 1.54) is 6.07 Å². The zero-order valence-corrected chi connectivity index (χ0v) is 19.5. The first kappa shape index (κ1) is 24.0. The van der Waals surface area contributed by atoms with Gasteiger partial charge in [0.25, 0.3) is 5.56 Å². The molecule has 1 amide bonds. The Morgan fingerprint density at radius 2 is 1.88 bits per heavy atom. The summed E-state index contributed by atoms with van der Waals surface area (Å²) in [4.78, 5) is 25.9. The van der Waals surface area contributed by atoms with Crippen LogP contribution in [0.3, 0.4) is 0 Å². The van der Waals surface area contributed by atoms with Crippen LogP contribution in [0.15, 0.2) is 47.3 Å². The smallest absolute Gasteiger partial charge is 0.407 e. The Balaban J connectivity index is 2.33. The predicted octanol–water partition coefficient (Wildman–Crippen LogP) is 5.36. The van der Waals surface area contributed by atoms with E-state index >= 15 is 4.39 Å². The van der Waals surface area contributed by atoms with Crippen molar-refractivity contribution in [1.82, 2.24) is 9.88 Å². The minimum Gasteiger partial charge on any atom is -0.444 e. The lowest BCUT2D eigenvalue weighted by atomic mass is 9.94. The van der Waals surface area contributed by atoms with E-state index < -0.39 is 17.5 Å². The summed E-state index contributed by atoms with van der Waals surface area (Å²) in [6.07, 6.45) is -0.642. The van der Waals surface area contributed by atoms with Crippen molar-refractivity contribution < 1.29 is 13.9 Å².